The molecule has 0 unspecified atom stereocenters. The first-order valence-electron chi connectivity index (χ1n) is 10.4. The number of fused-ring (bicyclic) bond motifs is 5. The van der Waals surface area contributed by atoms with Crippen LogP contribution < -0.4 is 0 Å². The molecule has 4 aliphatic rings. The molecule has 9 atom stereocenters. The van der Waals surface area contributed by atoms with Gasteiger partial charge in [0.1, 0.15) is 12.8 Å². The Balaban J connectivity index is 1.84. The Morgan fingerprint density at radius 1 is 1.25 bits per heavy atom. The van der Waals surface area contributed by atoms with E-state index >= 15 is 4.39 Å². The molecule has 3 fully saturated rings. The van der Waals surface area contributed by atoms with E-state index in [2.05, 4.69) is 0 Å². The van der Waals surface area contributed by atoms with E-state index in [0.29, 0.717) is 12.0 Å². The van der Waals surface area contributed by atoms with E-state index in [1.165, 1.54) is 12.2 Å². The van der Waals surface area contributed by atoms with Crippen LogP contribution in [0.4, 0.5) is 4.39 Å². The number of ketones is 2. The first kappa shape index (κ1) is 20.0. The Labute approximate surface area is 165 Å². The summed E-state index contributed by atoms with van der Waals surface area (Å²) in [6, 6.07) is 0. The number of carbonyl (C=O) groups is 2. The number of alkyl halides is 1. The van der Waals surface area contributed by atoms with Crippen LogP contribution in [0.3, 0.4) is 0 Å². The number of allylic oxidation sites excluding steroid dienone is 4. The minimum absolute atomic E-state index is 0.0930. The monoisotopic (exact) mass is 390 g/mol. The molecule has 0 spiro atoms. The number of aliphatic hydroxyl groups is 2. The largest absolute Gasteiger partial charge is 0.392 e. The van der Waals surface area contributed by atoms with Crippen molar-refractivity contribution in [2.75, 3.05) is 6.61 Å². The Morgan fingerprint density at radius 3 is 2.57 bits per heavy atom. The molecule has 2 N–H and O–H groups in total. The van der Waals surface area contributed by atoms with Crippen LogP contribution >= 0.6 is 0 Å². The van der Waals surface area contributed by atoms with Gasteiger partial charge in [-0.2, -0.15) is 0 Å². The van der Waals surface area contributed by atoms with Gasteiger partial charge in [0.05, 0.1) is 6.10 Å². The van der Waals surface area contributed by atoms with Crippen LogP contribution in [0.25, 0.3) is 0 Å². The lowest BCUT2D eigenvalue weighted by atomic mass is 9.40. The zero-order chi connectivity index (χ0) is 20.6. The van der Waals surface area contributed by atoms with Gasteiger partial charge in [0, 0.05) is 16.7 Å². The van der Waals surface area contributed by atoms with Gasteiger partial charge in [0.2, 0.25) is 0 Å². The van der Waals surface area contributed by atoms with E-state index in [9.17, 15) is 19.8 Å². The van der Waals surface area contributed by atoms with Crippen molar-refractivity contribution in [3.8, 4) is 0 Å². The van der Waals surface area contributed by atoms with E-state index in [1.807, 2.05) is 27.7 Å². The number of Topliss-reactive ketones (excluding diaryl/α,β-unsaturated/α-hetero) is 1. The second kappa shape index (κ2) is 6.09. The highest BCUT2D eigenvalue weighted by Crippen LogP contribution is 2.72. The molecular formula is C23H31FO4. The van der Waals surface area contributed by atoms with E-state index in [4.69, 9.17) is 0 Å². The normalized spacial score (nSPS) is 52.5. The van der Waals surface area contributed by atoms with Gasteiger partial charge in [-0.1, -0.05) is 33.8 Å². The fourth-order valence-corrected chi connectivity index (χ4v) is 7.76. The Hall–Kier alpha value is -1.33. The van der Waals surface area contributed by atoms with Gasteiger partial charge in [-0.25, -0.2) is 4.39 Å². The minimum atomic E-state index is -1.23. The number of hydrogen-bond acceptors (Lipinski definition) is 4. The van der Waals surface area contributed by atoms with Crippen LogP contribution in [0.5, 0.6) is 0 Å². The van der Waals surface area contributed by atoms with Crippen LogP contribution in [-0.2, 0) is 9.59 Å². The molecule has 3 saturated carbocycles. The van der Waals surface area contributed by atoms with Crippen molar-refractivity contribution in [1.29, 1.82) is 0 Å². The van der Waals surface area contributed by atoms with Gasteiger partial charge in [0.15, 0.2) is 11.6 Å². The summed E-state index contributed by atoms with van der Waals surface area (Å²) < 4.78 is 15.4. The summed E-state index contributed by atoms with van der Waals surface area (Å²) in [5, 5.41) is 21.0. The molecule has 0 saturated heterocycles. The molecule has 5 heteroatoms. The van der Waals surface area contributed by atoms with Gasteiger partial charge in [-0.3, -0.25) is 9.59 Å². The highest BCUT2D eigenvalue weighted by molar-refractivity contribution is 6.01. The van der Waals surface area contributed by atoms with Crippen molar-refractivity contribution in [3.05, 3.63) is 23.8 Å². The lowest BCUT2D eigenvalue weighted by molar-refractivity contribution is -0.185. The van der Waals surface area contributed by atoms with Crippen LogP contribution in [0, 0.1) is 39.9 Å². The van der Waals surface area contributed by atoms with Gasteiger partial charge in [-0.05, 0) is 60.2 Å². The topological polar surface area (TPSA) is 74.6 Å². The molecule has 0 radical (unpaired) electrons. The van der Waals surface area contributed by atoms with Crippen molar-refractivity contribution >= 4 is 11.6 Å². The lowest BCUT2D eigenvalue weighted by Crippen LogP contribution is -2.64. The summed E-state index contributed by atoms with van der Waals surface area (Å²) in [6.45, 7) is 7.57. The zero-order valence-corrected chi connectivity index (χ0v) is 17.1. The van der Waals surface area contributed by atoms with Crippen LogP contribution in [0.2, 0.25) is 0 Å². The number of halogens is 1. The van der Waals surface area contributed by atoms with Crippen molar-refractivity contribution < 1.29 is 24.2 Å². The molecular weight excluding hydrogens is 359 g/mol. The van der Waals surface area contributed by atoms with E-state index in [1.54, 1.807) is 6.08 Å². The Bertz CT molecular complexity index is 787. The van der Waals surface area contributed by atoms with Crippen molar-refractivity contribution in [1.82, 2.24) is 0 Å². The molecule has 4 aliphatic carbocycles. The number of hydrogen-bond donors (Lipinski definition) is 2. The van der Waals surface area contributed by atoms with Crippen LogP contribution in [-0.4, -0.2) is 40.7 Å². The fourth-order valence-electron chi connectivity index (χ4n) is 7.76. The second-order valence-corrected chi connectivity index (χ2v) is 10.3. The minimum Gasteiger partial charge on any atom is -0.392 e. The molecule has 4 rings (SSSR count). The summed E-state index contributed by atoms with van der Waals surface area (Å²) in [5.41, 5.74) is -1.31. The van der Waals surface area contributed by atoms with E-state index in [0.717, 1.165) is 6.42 Å². The van der Waals surface area contributed by atoms with Gasteiger partial charge < -0.3 is 10.2 Å². The lowest BCUT2D eigenvalue weighted by Gasteiger charge is -2.65. The van der Waals surface area contributed by atoms with Crippen molar-refractivity contribution in [3.63, 3.8) is 0 Å². The van der Waals surface area contributed by atoms with Crippen molar-refractivity contribution in [2.45, 2.75) is 59.2 Å². The standard InChI is InChI=1S/C23H31FO4/c1-12-7-14-15-9-17(24)16-8-13(26)5-6-22(16,3)23(15,4)19(28)10-21(14,2)20(12)18(27)11-25/h5-6,8,12,14-15,17,19-20,25,28H,7,9-11H2,1-4H3/t12-,14+,15+,17+,19+,20-,21+,22+,23-/m1/s1. The molecule has 0 aromatic rings. The van der Waals surface area contributed by atoms with E-state index in [-0.39, 0.29) is 41.7 Å². The predicted octanol–water partition coefficient (Wildman–Crippen LogP) is 3.03. The van der Waals surface area contributed by atoms with Gasteiger partial charge in [0.25, 0.3) is 0 Å². The fraction of sp³-hybridized carbons (Fsp3) is 0.739. The molecule has 0 aromatic heterocycles. The molecule has 28 heavy (non-hydrogen) atoms. The van der Waals surface area contributed by atoms with Crippen molar-refractivity contribution in [2.24, 2.45) is 39.9 Å². The maximum atomic E-state index is 15.4. The first-order chi connectivity index (χ1) is 13.0. The highest BCUT2D eigenvalue weighted by Gasteiger charge is 2.70. The summed E-state index contributed by atoms with van der Waals surface area (Å²) in [5.74, 6) is -0.594. The average Bonchev–Trinajstić information content (AvgIpc) is 2.89. The number of aliphatic hydroxyl groups excluding tert-OH is 2. The van der Waals surface area contributed by atoms with E-state index < -0.39 is 35.1 Å². The SMILES string of the molecule is C[C@@H]1C[C@H]2[C@@H]3C[C@H](F)C4=CC(=O)C=C[C@]4(C)[C@@]3(C)[C@@H](O)C[C@]2(C)[C@H]1C(=O)CO. The maximum absolute atomic E-state index is 15.4. The molecule has 0 heterocycles. The molecule has 4 nitrogen and oxygen atoms in total. The number of rotatable bonds is 2. The third-order valence-electron chi connectivity index (χ3n) is 9.23. The molecule has 154 valence electrons. The van der Waals surface area contributed by atoms with Crippen LogP contribution in [0.15, 0.2) is 23.8 Å². The summed E-state index contributed by atoms with van der Waals surface area (Å²) in [6.07, 6.45) is 4.28. The third kappa shape index (κ3) is 2.23. The van der Waals surface area contributed by atoms with Crippen LogP contribution in [0.1, 0.15) is 47.0 Å². The Morgan fingerprint density at radius 2 is 1.93 bits per heavy atom. The summed E-state index contributed by atoms with van der Waals surface area (Å²) in [7, 11) is 0. The summed E-state index contributed by atoms with van der Waals surface area (Å²) >= 11 is 0. The molecule has 0 amide bonds. The van der Waals surface area contributed by atoms with Gasteiger partial charge >= 0.3 is 0 Å². The summed E-state index contributed by atoms with van der Waals surface area (Å²) in [4.78, 5) is 24.5. The molecule has 0 aliphatic heterocycles. The highest BCUT2D eigenvalue weighted by atomic mass is 19.1. The van der Waals surface area contributed by atoms with Gasteiger partial charge in [-0.15, -0.1) is 0 Å². The average molecular weight is 390 g/mol. The second-order valence-electron chi connectivity index (χ2n) is 10.3. The predicted molar refractivity (Wildman–Crippen MR) is 103 cm³/mol. The molecule has 0 aromatic carbocycles. The quantitative estimate of drug-likeness (QED) is 0.760. The third-order valence-corrected chi connectivity index (χ3v) is 9.23. The Kier molecular flexibility index (Phi) is 4.34. The smallest absolute Gasteiger partial charge is 0.178 e. The zero-order valence-electron chi connectivity index (χ0n) is 17.1. The first-order valence-corrected chi connectivity index (χ1v) is 10.4. The molecule has 0 bridgehead atoms. The maximum Gasteiger partial charge on any atom is 0.178 e. The number of carbonyl (C=O) groups excluding carboxylic acids is 2.